The molecule has 3 rings (SSSR count). The molecular weight excluding hydrogens is 386 g/mol. The van der Waals surface area contributed by atoms with Crippen LogP contribution in [0.25, 0.3) is 0 Å². The number of benzene rings is 1. The van der Waals surface area contributed by atoms with E-state index in [0.717, 1.165) is 29.0 Å². The lowest BCUT2D eigenvalue weighted by molar-refractivity contribution is -0.143. The van der Waals surface area contributed by atoms with Gasteiger partial charge in [0.05, 0.1) is 17.7 Å². The first-order valence-corrected chi connectivity index (χ1v) is 9.56. The lowest BCUT2D eigenvalue weighted by Gasteiger charge is -2.29. The molecule has 0 aliphatic carbocycles. The molecule has 2 heterocycles. The molecule has 3 atom stereocenters. The van der Waals surface area contributed by atoms with E-state index in [1.165, 1.54) is 5.56 Å². The van der Waals surface area contributed by atoms with Crippen LogP contribution in [0.15, 0.2) is 41.4 Å². The van der Waals surface area contributed by atoms with E-state index in [4.69, 9.17) is 21.7 Å². The highest BCUT2D eigenvalue weighted by molar-refractivity contribution is 9.11. The van der Waals surface area contributed by atoms with Crippen molar-refractivity contribution in [2.75, 3.05) is 13.2 Å². The first-order valence-electron chi connectivity index (χ1n) is 8.36. The maximum Gasteiger partial charge on any atom is 0.163 e. The van der Waals surface area contributed by atoms with Gasteiger partial charge >= 0.3 is 0 Å². The Bertz CT molecular complexity index is 619. The molecule has 130 valence electrons. The molecule has 2 aliphatic heterocycles. The summed E-state index contributed by atoms with van der Waals surface area (Å²) in [6.45, 7) is 10.5. The van der Waals surface area contributed by atoms with Crippen molar-refractivity contribution in [1.29, 1.82) is 0 Å². The van der Waals surface area contributed by atoms with Crippen LogP contribution in [0.2, 0.25) is 0 Å². The van der Waals surface area contributed by atoms with Gasteiger partial charge in [-0.1, -0.05) is 65.1 Å². The molecule has 1 aromatic carbocycles. The molecule has 0 unspecified atom stereocenters. The fraction of sp³-hybridized carbons (Fsp3) is 0.526. The maximum absolute atomic E-state index is 6.10. The van der Waals surface area contributed by atoms with Gasteiger partial charge in [0, 0.05) is 24.9 Å². The predicted octanol–water partition coefficient (Wildman–Crippen LogP) is 4.51. The van der Waals surface area contributed by atoms with Crippen LogP contribution in [0, 0.1) is 11.8 Å². The predicted molar refractivity (Wildman–Crippen MR) is 104 cm³/mol. The molecular formula is C19H24BrNO2S. The van der Waals surface area contributed by atoms with E-state index in [9.17, 15) is 0 Å². The number of halogens is 1. The van der Waals surface area contributed by atoms with Crippen LogP contribution >= 0.6 is 28.1 Å². The van der Waals surface area contributed by atoms with Gasteiger partial charge in [0.25, 0.3) is 0 Å². The number of ether oxygens (including phenoxy) is 2. The van der Waals surface area contributed by atoms with Crippen molar-refractivity contribution >= 4 is 33.1 Å². The third kappa shape index (κ3) is 3.90. The Morgan fingerprint density at radius 1 is 1.42 bits per heavy atom. The van der Waals surface area contributed by atoms with Crippen LogP contribution in [-0.2, 0) is 16.0 Å². The molecule has 0 radical (unpaired) electrons. The summed E-state index contributed by atoms with van der Waals surface area (Å²) in [6, 6.07) is 10.5. The molecule has 5 heteroatoms. The molecule has 2 aliphatic rings. The summed E-state index contributed by atoms with van der Waals surface area (Å²) in [7, 11) is 0. The summed E-state index contributed by atoms with van der Waals surface area (Å²) in [6.07, 6.45) is 1.02. The first kappa shape index (κ1) is 18.1. The van der Waals surface area contributed by atoms with Crippen LogP contribution in [0.5, 0.6) is 0 Å². The zero-order chi connectivity index (χ0) is 17.3. The van der Waals surface area contributed by atoms with E-state index >= 15 is 0 Å². The molecule has 0 amide bonds. The number of likely N-dealkylation sites (tertiary alicyclic amines) is 1. The lowest BCUT2D eigenvalue weighted by atomic mass is 9.87. The Labute approximate surface area is 158 Å². The highest BCUT2D eigenvalue weighted by atomic mass is 79.9. The minimum atomic E-state index is -0.532. The average Bonchev–Trinajstić information content (AvgIpc) is 3.05. The largest absolute Gasteiger partial charge is 0.362 e. The summed E-state index contributed by atoms with van der Waals surface area (Å²) in [5, 5.41) is 0. The Morgan fingerprint density at radius 2 is 2.12 bits per heavy atom. The minimum Gasteiger partial charge on any atom is -0.362 e. The summed E-state index contributed by atoms with van der Waals surface area (Å²) in [5.74, 6) is -0.131. The average molecular weight is 410 g/mol. The van der Waals surface area contributed by atoms with Gasteiger partial charge in [-0.15, -0.1) is 0 Å². The minimum absolute atomic E-state index is 0.00787. The summed E-state index contributed by atoms with van der Waals surface area (Å²) in [5.41, 5.74) is 1.29. The first-order chi connectivity index (χ1) is 11.4. The summed E-state index contributed by atoms with van der Waals surface area (Å²) in [4.78, 5) is 3.32. The zero-order valence-electron chi connectivity index (χ0n) is 14.2. The molecule has 0 aromatic heterocycles. The van der Waals surface area contributed by atoms with Crippen molar-refractivity contribution in [1.82, 2.24) is 4.90 Å². The highest BCUT2D eigenvalue weighted by Gasteiger charge is 2.44. The third-order valence-electron chi connectivity index (χ3n) is 4.78. The van der Waals surface area contributed by atoms with Gasteiger partial charge in [-0.2, -0.15) is 0 Å². The molecule has 24 heavy (non-hydrogen) atoms. The van der Waals surface area contributed by atoms with Crippen LogP contribution in [0.4, 0.5) is 0 Å². The topological polar surface area (TPSA) is 21.7 Å². The van der Waals surface area contributed by atoms with E-state index in [1.54, 1.807) is 0 Å². The van der Waals surface area contributed by atoms with Gasteiger partial charge in [0.2, 0.25) is 0 Å². The van der Waals surface area contributed by atoms with E-state index in [2.05, 4.69) is 51.7 Å². The molecule has 0 N–H and O–H groups in total. The van der Waals surface area contributed by atoms with E-state index in [-0.39, 0.29) is 17.9 Å². The summed E-state index contributed by atoms with van der Waals surface area (Å²) < 4.78 is 12.8. The number of rotatable bonds is 5. The van der Waals surface area contributed by atoms with Gasteiger partial charge < -0.3 is 14.4 Å². The molecule has 0 spiro atoms. The second-order valence-electron chi connectivity index (χ2n) is 6.98. The SMILES string of the molecule is C=C(Br)[C@@H]([C@@H]1CCN(Cc2ccccc2)C1=S)[C@H]1COC(C)(C)O1. The normalized spacial score (nSPS) is 27.5. The Hall–Kier alpha value is -0.750. The van der Waals surface area contributed by atoms with Crippen molar-refractivity contribution in [3.8, 4) is 0 Å². The molecule has 3 nitrogen and oxygen atoms in total. The molecule has 2 saturated heterocycles. The Kier molecular flexibility index (Phi) is 5.45. The van der Waals surface area contributed by atoms with Crippen LogP contribution < -0.4 is 0 Å². The molecule has 2 fully saturated rings. The summed E-state index contributed by atoms with van der Waals surface area (Å²) >= 11 is 9.42. The van der Waals surface area contributed by atoms with Crippen LogP contribution in [0.1, 0.15) is 25.8 Å². The second kappa shape index (κ2) is 7.24. The highest BCUT2D eigenvalue weighted by Crippen LogP contribution is 2.40. The molecule has 1 aromatic rings. The lowest BCUT2D eigenvalue weighted by Crippen LogP contribution is -2.36. The fourth-order valence-corrected chi connectivity index (χ4v) is 4.66. The van der Waals surface area contributed by atoms with Gasteiger partial charge in [-0.3, -0.25) is 0 Å². The number of nitrogens with zero attached hydrogens (tertiary/aromatic N) is 1. The van der Waals surface area contributed by atoms with Crippen LogP contribution in [0.3, 0.4) is 0 Å². The Morgan fingerprint density at radius 3 is 2.71 bits per heavy atom. The van der Waals surface area contributed by atoms with Crippen molar-refractivity contribution in [3.05, 3.63) is 47.0 Å². The Balaban J connectivity index is 1.71. The fourth-order valence-electron chi connectivity index (χ4n) is 3.63. The second-order valence-corrected chi connectivity index (χ2v) is 8.42. The van der Waals surface area contributed by atoms with Gasteiger partial charge in [0.1, 0.15) is 0 Å². The van der Waals surface area contributed by atoms with Gasteiger partial charge in [-0.05, 0) is 30.3 Å². The number of hydrogen-bond acceptors (Lipinski definition) is 3. The smallest absolute Gasteiger partial charge is 0.163 e. The van der Waals surface area contributed by atoms with Gasteiger partial charge in [-0.25, -0.2) is 0 Å². The van der Waals surface area contributed by atoms with Gasteiger partial charge in [0.15, 0.2) is 5.79 Å². The van der Waals surface area contributed by atoms with Crippen LogP contribution in [-0.4, -0.2) is 34.9 Å². The zero-order valence-corrected chi connectivity index (χ0v) is 16.6. The van der Waals surface area contributed by atoms with Crippen molar-refractivity contribution in [2.24, 2.45) is 11.8 Å². The maximum atomic E-state index is 6.10. The standard InChI is InChI=1S/C19H24BrNO2S/c1-13(20)17(16-12-22-19(2,3)23-16)15-9-10-21(18(15)24)11-14-7-5-4-6-8-14/h4-8,15-17H,1,9-12H2,2-3H3/t15-,16+,17-/m0/s1. The molecule has 0 bridgehead atoms. The number of thiocarbonyl (C=S) groups is 1. The van der Waals surface area contributed by atoms with E-state index < -0.39 is 5.79 Å². The number of hydrogen-bond donors (Lipinski definition) is 0. The third-order valence-corrected chi connectivity index (χ3v) is 5.87. The van der Waals surface area contributed by atoms with E-state index in [0.29, 0.717) is 6.61 Å². The quantitative estimate of drug-likeness (QED) is 0.666. The molecule has 0 saturated carbocycles. The van der Waals surface area contributed by atoms with Crippen molar-refractivity contribution in [3.63, 3.8) is 0 Å². The monoisotopic (exact) mass is 409 g/mol. The van der Waals surface area contributed by atoms with E-state index in [1.807, 2.05) is 19.9 Å². The van der Waals surface area contributed by atoms with Crippen molar-refractivity contribution in [2.45, 2.75) is 38.7 Å². The van der Waals surface area contributed by atoms with Crippen molar-refractivity contribution < 1.29 is 9.47 Å².